The molecular weight excluding hydrogens is 216 g/mol. The average Bonchev–Trinajstić information content (AvgIpc) is 2.34. The third-order valence-corrected chi connectivity index (χ3v) is 3.42. The third kappa shape index (κ3) is 10.4. The maximum Gasteiger partial charge on any atom is -0.0262 e. The van der Waals surface area contributed by atoms with Crippen LogP contribution < -0.4 is 0 Å². The number of rotatable bonds is 11. The van der Waals surface area contributed by atoms with Crippen molar-refractivity contribution in [1.82, 2.24) is 0 Å². The summed E-state index contributed by atoms with van der Waals surface area (Å²) in [4.78, 5) is 0. The van der Waals surface area contributed by atoms with Gasteiger partial charge in [-0.2, -0.15) is 0 Å². The molecule has 0 heterocycles. The lowest BCUT2D eigenvalue weighted by atomic mass is 9.96. The fourth-order valence-corrected chi connectivity index (χ4v) is 1.99. The topological polar surface area (TPSA) is 0 Å². The van der Waals surface area contributed by atoms with E-state index in [9.17, 15) is 0 Å². The van der Waals surface area contributed by atoms with Crippen LogP contribution in [0.5, 0.6) is 0 Å². The Morgan fingerprint density at radius 1 is 1.17 bits per heavy atom. The molecule has 0 aliphatic heterocycles. The quantitative estimate of drug-likeness (QED) is 0.291. The van der Waals surface area contributed by atoms with Crippen molar-refractivity contribution < 1.29 is 0 Å². The van der Waals surface area contributed by atoms with Crippen LogP contribution in [0.4, 0.5) is 0 Å². The number of unbranched alkanes of at least 4 members (excludes halogenated alkanes) is 2. The lowest BCUT2D eigenvalue weighted by Crippen LogP contribution is -1.93. The second-order valence-electron chi connectivity index (χ2n) is 5.57. The van der Waals surface area contributed by atoms with Crippen LogP contribution in [-0.2, 0) is 0 Å². The van der Waals surface area contributed by atoms with Gasteiger partial charge in [-0.05, 0) is 51.4 Å². The van der Waals surface area contributed by atoms with Gasteiger partial charge in [0.25, 0.3) is 0 Å². The molecule has 1 atom stereocenters. The van der Waals surface area contributed by atoms with E-state index >= 15 is 0 Å². The zero-order valence-electron chi connectivity index (χ0n) is 12.8. The Morgan fingerprint density at radius 3 is 2.44 bits per heavy atom. The molecule has 0 aromatic rings. The first-order chi connectivity index (χ1) is 8.60. The summed E-state index contributed by atoms with van der Waals surface area (Å²) >= 11 is 0. The highest BCUT2D eigenvalue weighted by Crippen LogP contribution is 2.20. The van der Waals surface area contributed by atoms with Crippen molar-refractivity contribution in [2.45, 2.75) is 72.1 Å². The van der Waals surface area contributed by atoms with Crippen molar-refractivity contribution in [3.05, 3.63) is 36.5 Å². The molecule has 0 rings (SSSR count). The van der Waals surface area contributed by atoms with Gasteiger partial charge in [-0.3, -0.25) is 0 Å². The smallest absolute Gasteiger partial charge is 0.0262 e. The molecule has 0 radical (unpaired) electrons. The van der Waals surface area contributed by atoms with E-state index in [0.29, 0.717) is 5.92 Å². The summed E-state index contributed by atoms with van der Waals surface area (Å²) in [5.74, 6) is 0.640. The summed E-state index contributed by atoms with van der Waals surface area (Å²) < 4.78 is 0. The van der Waals surface area contributed by atoms with Crippen LogP contribution in [0.1, 0.15) is 72.1 Å². The molecule has 0 amide bonds. The fourth-order valence-electron chi connectivity index (χ4n) is 1.99. The van der Waals surface area contributed by atoms with Crippen LogP contribution in [0.25, 0.3) is 0 Å². The van der Waals surface area contributed by atoms with Crippen LogP contribution in [0.15, 0.2) is 36.5 Å². The lowest BCUT2D eigenvalue weighted by Gasteiger charge is -2.10. The lowest BCUT2D eigenvalue weighted by molar-refractivity contribution is 0.623. The summed E-state index contributed by atoms with van der Waals surface area (Å²) in [5.41, 5.74) is 2.96. The molecule has 0 fully saturated rings. The monoisotopic (exact) mass is 248 g/mol. The number of allylic oxidation sites excluding steroid dienone is 4. The molecule has 0 saturated carbocycles. The molecule has 0 heteroatoms. The van der Waals surface area contributed by atoms with Crippen molar-refractivity contribution in [3.63, 3.8) is 0 Å². The molecule has 0 saturated heterocycles. The predicted molar refractivity (Wildman–Crippen MR) is 84.9 cm³/mol. The molecular formula is C18H32. The van der Waals surface area contributed by atoms with Crippen molar-refractivity contribution in [2.75, 3.05) is 0 Å². The maximum atomic E-state index is 3.98. The first-order valence-corrected chi connectivity index (χ1v) is 7.55. The molecule has 0 aromatic heterocycles. The molecule has 0 spiro atoms. The van der Waals surface area contributed by atoms with Crippen molar-refractivity contribution in [1.29, 1.82) is 0 Å². The van der Waals surface area contributed by atoms with Crippen LogP contribution in [0.2, 0.25) is 0 Å². The van der Waals surface area contributed by atoms with E-state index in [1.165, 1.54) is 56.9 Å². The van der Waals surface area contributed by atoms with Crippen molar-refractivity contribution in [2.24, 2.45) is 5.92 Å². The zero-order chi connectivity index (χ0) is 13.8. The van der Waals surface area contributed by atoms with Crippen LogP contribution in [0, 0.1) is 5.92 Å². The maximum absolute atomic E-state index is 3.98. The molecule has 0 bridgehead atoms. The van der Waals surface area contributed by atoms with Gasteiger partial charge in [-0.1, -0.05) is 50.0 Å². The van der Waals surface area contributed by atoms with E-state index in [4.69, 9.17) is 0 Å². The molecule has 1 unspecified atom stereocenters. The van der Waals surface area contributed by atoms with Gasteiger partial charge in [0.1, 0.15) is 0 Å². The third-order valence-electron chi connectivity index (χ3n) is 3.42. The van der Waals surface area contributed by atoms with Gasteiger partial charge in [-0.15, -0.1) is 13.2 Å². The Hall–Kier alpha value is -0.780. The Balaban J connectivity index is 4.10. The van der Waals surface area contributed by atoms with E-state index in [1.54, 1.807) is 5.57 Å². The molecule has 0 aromatic carbocycles. The first-order valence-electron chi connectivity index (χ1n) is 7.55. The van der Waals surface area contributed by atoms with Gasteiger partial charge in [-0.25, -0.2) is 0 Å². The van der Waals surface area contributed by atoms with Gasteiger partial charge in [0.05, 0.1) is 0 Å². The van der Waals surface area contributed by atoms with E-state index in [1.807, 2.05) is 0 Å². The van der Waals surface area contributed by atoms with Crippen LogP contribution >= 0.6 is 0 Å². The van der Waals surface area contributed by atoms with E-state index in [2.05, 4.69) is 46.1 Å². The minimum Gasteiger partial charge on any atom is -0.103 e. The minimum absolute atomic E-state index is 0.640. The van der Waals surface area contributed by atoms with Crippen LogP contribution in [-0.4, -0.2) is 0 Å². The number of hydrogen-bond donors (Lipinski definition) is 0. The Morgan fingerprint density at radius 2 is 1.89 bits per heavy atom. The number of hydrogen-bond acceptors (Lipinski definition) is 0. The normalized spacial score (nSPS) is 13.4. The molecule has 0 aliphatic carbocycles. The van der Waals surface area contributed by atoms with Crippen molar-refractivity contribution in [3.8, 4) is 0 Å². The molecule has 0 N–H and O–H groups in total. The average molecular weight is 248 g/mol. The summed E-state index contributed by atoms with van der Waals surface area (Å²) in [6.07, 6.45) is 14.6. The first kappa shape index (κ1) is 17.2. The standard InChI is InChI=1S/C18H32/c1-6-8-9-12-18(13-10-11-16(3)4)15-14-17(5)7-2/h7,12,17H,2-3,6,8-11,13-15H2,1,4-5H3. The summed E-state index contributed by atoms with van der Waals surface area (Å²) in [6.45, 7) is 14.5. The highest BCUT2D eigenvalue weighted by atomic mass is 14.1. The Kier molecular flexibility index (Phi) is 10.8. The second kappa shape index (κ2) is 11.3. The van der Waals surface area contributed by atoms with E-state index in [-0.39, 0.29) is 0 Å². The van der Waals surface area contributed by atoms with Gasteiger partial charge < -0.3 is 0 Å². The fraction of sp³-hybridized carbons (Fsp3) is 0.667. The van der Waals surface area contributed by atoms with Gasteiger partial charge in [0.2, 0.25) is 0 Å². The van der Waals surface area contributed by atoms with Gasteiger partial charge in [0.15, 0.2) is 0 Å². The van der Waals surface area contributed by atoms with Crippen molar-refractivity contribution >= 4 is 0 Å². The molecule has 0 nitrogen and oxygen atoms in total. The minimum atomic E-state index is 0.640. The van der Waals surface area contributed by atoms with E-state index in [0.717, 1.165) is 0 Å². The molecule has 18 heavy (non-hydrogen) atoms. The molecule has 104 valence electrons. The summed E-state index contributed by atoms with van der Waals surface area (Å²) in [5, 5.41) is 0. The van der Waals surface area contributed by atoms with Gasteiger partial charge in [0, 0.05) is 0 Å². The Bertz CT molecular complexity index is 257. The molecule has 0 aliphatic rings. The summed E-state index contributed by atoms with van der Waals surface area (Å²) in [6, 6.07) is 0. The highest BCUT2D eigenvalue weighted by molar-refractivity contribution is 5.03. The SMILES string of the molecule is C=CC(C)CCC(=CCCCC)CCCC(=C)C. The largest absolute Gasteiger partial charge is 0.103 e. The summed E-state index contributed by atoms with van der Waals surface area (Å²) in [7, 11) is 0. The Labute approximate surface area is 115 Å². The second-order valence-corrected chi connectivity index (χ2v) is 5.57. The van der Waals surface area contributed by atoms with Crippen LogP contribution in [0.3, 0.4) is 0 Å². The highest BCUT2D eigenvalue weighted by Gasteiger charge is 2.02. The predicted octanol–water partition coefficient (Wildman–Crippen LogP) is 6.45. The van der Waals surface area contributed by atoms with E-state index < -0.39 is 0 Å². The van der Waals surface area contributed by atoms with Gasteiger partial charge >= 0.3 is 0 Å². The zero-order valence-corrected chi connectivity index (χ0v) is 12.8.